The van der Waals surface area contributed by atoms with E-state index in [1.54, 1.807) is 0 Å². The van der Waals surface area contributed by atoms with Crippen molar-refractivity contribution in [2.24, 2.45) is 0 Å². The van der Waals surface area contributed by atoms with Gasteiger partial charge in [0.1, 0.15) is 12.1 Å². The summed E-state index contributed by atoms with van der Waals surface area (Å²) in [6.45, 7) is 2.29. The summed E-state index contributed by atoms with van der Waals surface area (Å²) in [7, 11) is 0. The molecule has 1 aromatic carbocycles. The Labute approximate surface area is 95.3 Å². The Kier molecular flexibility index (Phi) is 2.37. The fraction of sp³-hybridized carbons (Fsp3) is 0.308. The standard InChI is InChI=1S/C13H15N3/c1-2-6-12(7-3-1)16-10-13(14-11-16)15-8-4-5-9-15/h1-3,6-7,10-11H,4-5,8-9H2. The molecule has 1 fully saturated rings. The van der Waals surface area contributed by atoms with Gasteiger partial charge in [-0.15, -0.1) is 0 Å². The van der Waals surface area contributed by atoms with Gasteiger partial charge in [-0.05, 0) is 25.0 Å². The number of benzene rings is 1. The summed E-state index contributed by atoms with van der Waals surface area (Å²) >= 11 is 0. The van der Waals surface area contributed by atoms with Crippen LogP contribution in [0.3, 0.4) is 0 Å². The van der Waals surface area contributed by atoms with E-state index in [0.717, 1.165) is 18.9 Å². The first-order valence-corrected chi connectivity index (χ1v) is 5.78. The molecule has 0 amide bonds. The van der Waals surface area contributed by atoms with Crippen LogP contribution in [0.25, 0.3) is 5.69 Å². The van der Waals surface area contributed by atoms with Crippen LogP contribution in [0, 0.1) is 0 Å². The van der Waals surface area contributed by atoms with E-state index in [9.17, 15) is 0 Å². The molecule has 2 heterocycles. The van der Waals surface area contributed by atoms with E-state index in [4.69, 9.17) is 0 Å². The molecule has 0 bridgehead atoms. The van der Waals surface area contributed by atoms with Crippen LogP contribution in [0.1, 0.15) is 12.8 Å². The summed E-state index contributed by atoms with van der Waals surface area (Å²) in [6, 6.07) is 10.3. The van der Waals surface area contributed by atoms with E-state index in [0.29, 0.717) is 0 Å². The Bertz CT molecular complexity index is 455. The maximum Gasteiger partial charge on any atom is 0.147 e. The van der Waals surface area contributed by atoms with Gasteiger partial charge in [-0.3, -0.25) is 0 Å². The summed E-state index contributed by atoms with van der Waals surface area (Å²) in [5.41, 5.74) is 1.17. The molecule has 82 valence electrons. The molecule has 1 saturated heterocycles. The summed E-state index contributed by atoms with van der Waals surface area (Å²) in [6.07, 6.45) is 6.58. The summed E-state index contributed by atoms with van der Waals surface area (Å²) in [4.78, 5) is 6.81. The van der Waals surface area contributed by atoms with Crippen molar-refractivity contribution in [2.45, 2.75) is 12.8 Å². The third kappa shape index (κ3) is 1.69. The minimum atomic E-state index is 1.10. The molecule has 3 rings (SSSR count). The number of hydrogen-bond donors (Lipinski definition) is 0. The molecule has 0 atom stereocenters. The van der Waals surface area contributed by atoms with Crippen LogP contribution in [0.2, 0.25) is 0 Å². The maximum absolute atomic E-state index is 4.46. The minimum Gasteiger partial charge on any atom is -0.355 e. The predicted octanol–water partition coefficient (Wildman–Crippen LogP) is 2.47. The normalized spacial score (nSPS) is 15.6. The number of anilines is 1. The van der Waals surface area contributed by atoms with Gasteiger partial charge < -0.3 is 9.47 Å². The molecule has 0 spiro atoms. The first-order valence-electron chi connectivity index (χ1n) is 5.78. The van der Waals surface area contributed by atoms with E-state index in [-0.39, 0.29) is 0 Å². The van der Waals surface area contributed by atoms with Crippen LogP contribution in [-0.4, -0.2) is 22.6 Å². The molecular weight excluding hydrogens is 198 g/mol. The quantitative estimate of drug-likeness (QED) is 0.764. The summed E-state index contributed by atoms with van der Waals surface area (Å²) < 4.78 is 2.08. The zero-order valence-corrected chi connectivity index (χ0v) is 9.21. The van der Waals surface area contributed by atoms with E-state index in [1.165, 1.54) is 18.5 Å². The van der Waals surface area contributed by atoms with Crippen molar-refractivity contribution >= 4 is 5.82 Å². The Hall–Kier alpha value is -1.77. The van der Waals surface area contributed by atoms with Crippen LogP contribution in [-0.2, 0) is 0 Å². The van der Waals surface area contributed by atoms with Crippen molar-refractivity contribution in [3.05, 3.63) is 42.9 Å². The van der Waals surface area contributed by atoms with Gasteiger partial charge >= 0.3 is 0 Å². The van der Waals surface area contributed by atoms with E-state index >= 15 is 0 Å². The molecular formula is C13H15N3. The number of imidazole rings is 1. The Morgan fingerprint density at radius 1 is 1.00 bits per heavy atom. The second kappa shape index (κ2) is 4.00. The smallest absolute Gasteiger partial charge is 0.147 e. The van der Waals surface area contributed by atoms with Crippen molar-refractivity contribution in [2.75, 3.05) is 18.0 Å². The van der Waals surface area contributed by atoms with E-state index < -0.39 is 0 Å². The zero-order valence-electron chi connectivity index (χ0n) is 9.21. The number of hydrogen-bond acceptors (Lipinski definition) is 2. The monoisotopic (exact) mass is 213 g/mol. The molecule has 1 aliphatic rings. The second-order valence-electron chi connectivity index (χ2n) is 4.17. The molecule has 3 nitrogen and oxygen atoms in total. The SMILES string of the molecule is c1ccc(-n2cnc(N3CCCC3)c2)cc1. The largest absolute Gasteiger partial charge is 0.355 e. The lowest BCUT2D eigenvalue weighted by atomic mass is 10.3. The van der Waals surface area contributed by atoms with Gasteiger partial charge in [-0.25, -0.2) is 4.98 Å². The van der Waals surface area contributed by atoms with Crippen LogP contribution in [0.5, 0.6) is 0 Å². The Balaban J connectivity index is 1.87. The summed E-state index contributed by atoms with van der Waals surface area (Å²) in [5.74, 6) is 1.10. The number of rotatable bonds is 2. The fourth-order valence-electron chi connectivity index (χ4n) is 2.16. The van der Waals surface area contributed by atoms with E-state index in [2.05, 4.69) is 32.8 Å². The average molecular weight is 213 g/mol. The highest BCUT2D eigenvalue weighted by Gasteiger charge is 2.14. The fourth-order valence-corrected chi connectivity index (χ4v) is 2.16. The Morgan fingerprint density at radius 2 is 1.75 bits per heavy atom. The van der Waals surface area contributed by atoms with Gasteiger partial charge in [0.15, 0.2) is 0 Å². The summed E-state index contributed by atoms with van der Waals surface area (Å²) in [5, 5.41) is 0. The predicted molar refractivity (Wildman–Crippen MR) is 65.0 cm³/mol. The van der Waals surface area contributed by atoms with Crippen molar-refractivity contribution in [1.29, 1.82) is 0 Å². The lowest BCUT2D eigenvalue weighted by molar-refractivity contribution is 0.945. The van der Waals surface area contributed by atoms with Gasteiger partial charge in [0.2, 0.25) is 0 Å². The lowest BCUT2D eigenvalue weighted by Crippen LogP contribution is -2.17. The topological polar surface area (TPSA) is 21.1 Å². The second-order valence-corrected chi connectivity index (χ2v) is 4.17. The Morgan fingerprint density at radius 3 is 2.50 bits per heavy atom. The lowest BCUT2D eigenvalue weighted by Gasteiger charge is -2.12. The van der Waals surface area contributed by atoms with Crippen LogP contribution >= 0.6 is 0 Å². The first-order chi connectivity index (χ1) is 7.93. The van der Waals surface area contributed by atoms with Gasteiger partial charge in [0.05, 0.1) is 6.20 Å². The minimum absolute atomic E-state index is 1.10. The molecule has 3 heteroatoms. The highest BCUT2D eigenvalue weighted by molar-refractivity contribution is 5.41. The maximum atomic E-state index is 4.46. The first kappa shape index (κ1) is 9.46. The molecule has 0 radical (unpaired) electrons. The third-order valence-electron chi connectivity index (χ3n) is 3.05. The van der Waals surface area contributed by atoms with Gasteiger partial charge in [-0.2, -0.15) is 0 Å². The molecule has 0 N–H and O–H groups in total. The number of aromatic nitrogens is 2. The van der Waals surface area contributed by atoms with Crippen molar-refractivity contribution in [3.63, 3.8) is 0 Å². The highest BCUT2D eigenvalue weighted by atomic mass is 15.2. The van der Waals surface area contributed by atoms with Crippen LogP contribution in [0.15, 0.2) is 42.9 Å². The van der Waals surface area contributed by atoms with Gasteiger partial charge in [0.25, 0.3) is 0 Å². The molecule has 1 aromatic heterocycles. The highest BCUT2D eigenvalue weighted by Crippen LogP contribution is 2.19. The van der Waals surface area contributed by atoms with Crippen LogP contribution < -0.4 is 4.90 Å². The molecule has 1 aliphatic heterocycles. The van der Waals surface area contributed by atoms with Crippen molar-refractivity contribution < 1.29 is 0 Å². The van der Waals surface area contributed by atoms with Gasteiger partial charge in [0, 0.05) is 18.8 Å². The number of nitrogens with zero attached hydrogens (tertiary/aromatic N) is 3. The molecule has 2 aromatic rings. The van der Waals surface area contributed by atoms with Crippen molar-refractivity contribution in [3.8, 4) is 5.69 Å². The molecule has 0 unspecified atom stereocenters. The van der Waals surface area contributed by atoms with Crippen LogP contribution in [0.4, 0.5) is 5.82 Å². The molecule has 16 heavy (non-hydrogen) atoms. The number of para-hydroxylation sites is 1. The molecule has 0 saturated carbocycles. The molecule has 0 aliphatic carbocycles. The zero-order chi connectivity index (χ0) is 10.8. The van der Waals surface area contributed by atoms with Gasteiger partial charge in [-0.1, -0.05) is 18.2 Å². The van der Waals surface area contributed by atoms with E-state index in [1.807, 2.05) is 24.5 Å². The van der Waals surface area contributed by atoms with Crippen molar-refractivity contribution in [1.82, 2.24) is 9.55 Å². The third-order valence-corrected chi connectivity index (χ3v) is 3.05. The average Bonchev–Trinajstić information content (AvgIpc) is 3.01.